The SMILES string of the molecule is CSc1nccn1-c1cccc(C(=O)N2CCC(C(C)O)CC2)c1. The Balaban J connectivity index is 1.76. The van der Waals surface area contributed by atoms with Crippen LogP contribution in [-0.2, 0) is 0 Å². The van der Waals surface area contributed by atoms with Crippen LogP contribution in [0, 0.1) is 5.92 Å². The zero-order valence-corrected chi connectivity index (χ0v) is 14.9. The van der Waals surface area contributed by atoms with E-state index in [0.717, 1.165) is 23.7 Å². The average Bonchev–Trinajstić information content (AvgIpc) is 3.10. The van der Waals surface area contributed by atoms with Gasteiger partial charge in [-0.25, -0.2) is 4.98 Å². The number of nitrogens with zero attached hydrogens (tertiary/aromatic N) is 3. The van der Waals surface area contributed by atoms with Gasteiger partial charge in [-0.15, -0.1) is 0 Å². The summed E-state index contributed by atoms with van der Waals surface area (Å²) in [5.41, 5.74) is 1.64. The molecule has 0 aliphatic carbocycles. The molecule has 0 bridgehead atoms. The van der Waals surface area contributed by atoms with Gasteiger partial charge in [-0.1, -0.05) is 17.8 Å². The first-order valence-electron chi connectivity index (χ1n) is 8.25. The molecule has 0 saturated carbocycles. The van der Waals surface area contributed by atoms with Crippen LogP contribution in [0.2, 0.25) is 0 Å². The van der Waals surface area contributed by atoms with Crippen molar-refractivity contribution in [3.63, 3.8) is 0 Å². The van der Waals surface area contributed by atoms with E-state index in [1.807, 2.05) is 53.1 Å². The minimum Gasteiger partial charge on any atom is -0.393 e. The van der Waals surface area contributed by atoms with Crippen LogP contribution in [0.3, 0.4) is 0 Å². The average molecular weight is 345 g/mol. The number of aromatic nitrogens is 2. The topological polar surface area (TPSA) is 58.4 Å². The van der Waals surface area contributed by atoms with Crippen molar-refractivity contribution >= 4 is 17.7 Å². The molecule has 1 atom stereocenters. The highest BCUT2D eigenvalue weighted by Crippen LogP contribution is 2.23. The van der Waals surface area contributed by atoms with Crippen molar-refractivity contribution in [1.82, 2.24) is 14.5 Å². The van der Waals surface area contributed by atoms with Gasteiger partial charge in [0.2, 0.25) is 0 Å². The van der Waals surface area contributed by atoms with Crippen molar-refractivity contribution in [2.45, 2.75) is 31.0 Å². The minimum absolute atomic E-state index is 0.0618. The van der Waals surface area contributed by atoms with Gasteiger partial charge in [0.25, 0.3) is 5.91 Å². The Bertz CT molecular complexity index is 706. The molecule has 1 aromatic carbocycles. The quantitative estimate of drug-likeness (QED) is 0.866. The van der Waals surface area contributed by atoms with E-state index in [-0.39, 0.29) is 12.0 Å². The standard InChI is InChI=1S/C18H23N3O2S/c1-13(22)14-6-9-20(10-7-14)17(23)15-4-3-5-16(12-15)21-11-8-19-18(21)24-2/h3-5,8,11-14,22H,6-7,9-10H2,1-2H3. The van der Waals surface area contributed by atoms with E-state index in [1.54, 1.807) is 18.0 Å². The molecule has 24 heavy (non-hydrogen) atoms. The van der Waals surface area contributed by atoms with Gasteiger partial charge in [0.1, 0.15) is 0 Å². The Morgan fingerprint density at radius 3 is 2.79 bits per heavy atom. The molecule has 1 saturated heterocycles. The largest absolute Gasteiger partial charge is 0.393 e. The number of carbonyl (C=O) groups excluding carboxylic acids is 1. The van der Waals surface area contributed by atoms with Crippen LogP contribution in [-0.4, -0.2) is 50.9 Å². The number of rotatable bonds is 4. The fourth-order valence-electron chi connectivity index (χ4n) is 3.19. The first-order valence-corrected chi connectivity index (χ1v) is 9.47. The summed E-state index contributed by atoms with van der Waals surface area (Å²) in [5, 5.41) is 10.6. The summed E-state index contributed by atoms with van der Waals surface area (Å²) in [6.45, 7) is 3.25. The van der Waals surface area contributed by atoms with Crippen molar-refractivity contribution < 1.29 is 9.90 Å². The smallest absolute Gasteiger partial charge is 0.253 e. The lowest BCUT2D eigenvalue weighted by Crippen LogP contribution is -2.40. The molecular weight excluding hydrogens is 322 g/mol. The van der Waals surface area contributed by atoms with Crippen LogP contribution in [0.25, 0.3) is 5.69 Å². The Morgan fingerprint density at radius 2 is 2.12 bits per heavy atom. The van der Waals surface area contributed by atoms with Crippen LogP contribution < -0.4 is 0 Å². The van der Waals surface area contributed by atoms with Crippen molar-refractivity contribution in [3.05, 3.63) is 42.2 Å². The molecule has 2 heterocycles. The van der Waals surface area contributed by atoms with Gasteiger partial charge in [-0.05, 0) is 50.1 Å². The predicted octanol–water partition coefficient (Wildman–Crippen LogP) is 2.83. The molecule has 5 nitrogen and oxygen atoms in total. The summed E-state index contributed by atoms with van der Waals surface area (Å²) in [5.74, 6) is 0.363. The second kappa shape index (κ2) is 7.40. The number of aliphatic hydroxyl groups excluding tert-OH is 1. The predicted molar refractivity (Wildman–Crippen MR) is 95.7 cm³/mol. The normalized spacial score (nSPS) is 17.0. The number of aliphatic hydroxyl groups is 1. The third-order valence-electron chi connectivity index (χ3n) is 4.67. The van der Waals surface area contributed by atoms with E-state index in [4.69, 9.17) is 0 Å². The Hall–Kier alpha value is -1.79. The lowest BCUT2D eigenvalue weighted by Gasteiger charge is -2.33. The highest BCUT2D eigenvalue weighted by atomic mass is 32.2. The number of carbonyl (C=O) groups is 1. The molecule has 1 fully saturated rings. The van der Waals surface area contributed by atoms with Crippen LogP contribution in [0.15, 0.2) is 41.8 Å². The monoisotopic (exact) mass is 345 g/mol. The van der Waals surface area contributed by atoms with E-state index < -0.39 is 0 Å². The first-order chi connectivity index (χ1) is 11.6. The fourth-order valence-corrected chi connectivity index (χ4v) is 3.72. The molecule has 1 unspecified atom stereocenters. The molecule has 128 valence electrons. The maximum atomic E-state index is 12.8. The van der Waals surface area contributed by atoms with Gasteiger partial charge in [0.05, 0.1) is 6.10 Å². The summed E-state index contributed by atoms with van der Waals surface area (Å²) in [7, 11) is 0. The van der Waals surface area contributed by atoms with Gasteiger partial charge in [-0.2, -0.15) is 0 Å². The zero-order chi connectivity index (χ0) is 17.1. The summed E-state index contributed by atoms with van der Waals surface area (Å²) >= 11 is 1.57. The third kappa shape index (κ3) is 3.49. The number of benzene rings is 1. The number of piperidine rings is 1. The van der Waals surface area contributed by atoms with E-state index in [9.17, 15) is 9.90 Å². The lowest BCUT2D eigenvalue weighted by atomic mass is 9.92. The second-order valence-corrected chi connectivity index (χ2v) is 6.98. The Labute approximate surface area is 146 Å². The van der Waals surface area contributed by atoms with Crippen molar-refractivity contribution in [2.24, 2.45) is 5.92 Å². The molecule has 1 N–H and O–H groups in total. The molecule has 6 heteroatoms. The van der Waals surface area contributed by atoms with Crippen molar-refractivity contribution in [1.29, 1.82) is 0 Å². The maximum Gasteiger partial charge on any atom is 0.253 e. The van der Waals surface area contributed by atoms with Crippen LogP contribution in [0.1, 0.15) is 30.1 Å². The van der Waals surface area contributed by atoms with Gasteiger partial charge in [0.15, 0.2) is 5.16 Å². The highest BCUT2D eigenvalue weighted by Gasteiger charge is 2.26. The maximum absolute atomic E-state index is 12.8. The van der Waals surface area contributed by atoms with Crippen molar-refractivity contribution in [2.75, 3.05) is 19.3 Å². The van der Waals surface area contributed by atoms with E-state index in [0.29, 0.717) is 24.6 Å². The fraction of sp³-hybridized carbons (Fsp3) is 0.444. The van der Waals surface area contributed by atoms with E-state index in [2.05, 4.69) is 4.98 Å². The lowest BCUT2D eigenvalue weighted by molar-refractivity contribution is 0.0521. The van der Waals surface area contributed by atoms with Crippen molar-refractivity contribution in [3.8, 4) is 5.69 Å². The molecular formula is C18H23N3O2S. The molecule has 0 radical (unpaired) electrons. The Kier molecular flexibility index (Phi) is 5.26. The molecule has 1 aliphatic heterocycles. The second-order valence-electron chi connectivity index (χ2n) is 6.20. The molecule has 1 amide bonds. The zero-order valence-electron chi connectivity index (χ0n) is 14.1. The van der Waals surface area contributed by atoms with E-state index in [1.165, 1.54) is 0 Å². The molecule has 1 aromatic heterocycles. The van der Waals surface area contributed by atoms with Gasteiger partial charge >= 0.3 is 0 Å². The summed E-state index contributed by atoms with van der Waals surface area (Å²) < 4.78 is 1.99. The number of hydrogen-bond donors (Lipinski definition) is 1. The van der Waals surface area contributed by atoms with Gasteiger partial charge < -0.3 is 10.0 Å². The molecule has 2 aromatic rings. The summed E-state index contributed by atoms with van der Waals surface area (Å²) in [6.07, 6.45) is 7.09. The van der Waals surface area contributed by atoms with Crippen LogP contribution in [0.4, 0.5) is 0 Å². The number of hydrogen-bond acceptors (Lipinski definition) is 4. The Morgan fingerprint density at radius 1 is 1.38 bits per heavy atom. The number of imidazole rings is 1. The summed E-state index contributed by atoms with van der Waals surface area (Å²) in [6, 6.07) is 7.68. The molecule has 0 spiro atoms. The molecule has 1 aliphatic rings. The first kappa shape index (κ1) is 17.0. The number of amides is 1. The number of likely N-dealkylation sites (tertiary alicyclic amines) is 1. The van der Waals surface area contributed by atoms with Gasteiger partial charge in [-0.3, -0.25) is 9.36 Å². The number of thioether (sulfide) groups is 1. The van der Waals surface area contributed by atoms with Gasteiger partial charge in [0, 0.05) is 36.7 Å². The molecule has 3 rings (SSSR count). The minimum atomic E-state index is -0.295. The van der Waals surface area contributed by atoms with Crippen LogP contribution >= 0.6 is 11.8 Å². The summed E-state index contributed by atoms with van der Waals surface area (Å²) in [4.78, 5) is 19.0. The highest BCUT2D eigenvalue weighted by molar-refractivity contribution is 7.98. The van der Waals surface area contributed by atoms with E-state index >= 15 is 0 Å². The third-order valence-corrected chi connectivity index (χ3v) is 5.34. The van der Waals surface area contributed by atoms with Crippen LogP contribution in [0.5, 0.6) is 0 Å².